The molecule has 3 aromatic rings. The summed E-state index contributed by atoms with van der Waals surface area (Å²) in [5.74, 6) is 0.153. The van der Waals surface area contributed by atoms with Crippen molar-refractivity contribution < 1.29 is 4.79 Å². The normalized spacial score (nSPS) is 17.3. The highest BCUT2D eigenvalue weighted by Gasteiger charge is 2.30. The summed E-state index contributed by atoms with van der Waals surface area (Å²) in [6, 6.07) is 11.8. The van der Waals surface area contributed by atoms with Gasteiger partial charge in [-0.1, -0.05) is 18.2 Å². The van der Waals surface area contributed by atoms with Crippen LogP contribution in [-0.4, -0.2) is 27.1 Å². The molecule has 5 nitrogen and oxygen atoms in total. The van der Waals surface area contributed by atoms with Crippen LogP contribution < -0.4 is 5.43 Å². The number of hydrogen-bond acceptors (Lipinski definition) is 4. The molecule has 0 N–H and O–H groups in total. The standard InChI is InChI=1S/C19H19N3O2S/c23-17-13-20-22(15-6-2-1-5-14(15)17)11-9-19(24)21-10-3-7-16(21)18-8-4-12-25-18/h1-2,4-6,8,12-13,16H,3,7,9-11H2. The topological polar surface area (TPSA) is 55.2 Å². The number of thiophene rings is 1. The number of likely N-dealkylation sites (tertiary alicyclic amines) is 1. The molecule has 6 heteroatoms. The smallest absolute Gasteiger partial charge is 0.224 e. The van der Waals surface area contributed by atoms with Gasteiger partial charge >= 0.3 is 0 Å². The van der Waals surface area contributed by atoms with Gasteiger partial charge in [-0.2, -0.15) is 5.10 Å². The van der Waals surface area contributed by atoms with E-state index in [0.717, 1.165) is 24.9 Å². The van der Waals surface area contributed by atoms with Crippen molar-refractivity contribution in [1.82, 2.24) is 14.7 Å². The van der Waals surface area contributed by atoms with E-state index in [-0.39, 0.29) is 17.4 Å². The summed E-state index contributed by atoms with van der Waals surface area (Å²) in [7, 11) is 0. The minimum atomic E-state index is -0.0875. The zero-order valence-electron chi connectivity index (χ0n) is 13.8. The molecule has 0 radical (unpaired) electrons. The number of carbonyl (C=O) groups is 1. The summed E-state index contributed by atoms with van der Waals surface area (Å²) in [4.78, 5) is 27.9. The summed E-state index contributed by atoms with van der Waals surface area (Å²) in [5.41, 5.74) is 0.689. The largest absolute Gasteiger partial charge is 0.335 e. The first-order valence-electron chi connectivity index (χ1n) is 8.52. The highest BCUT2D eigenvalue weighted by molar-refractivity contribution is 7.10. The molecule has 0 spiro atoms. The first kappa shape index (κ1) is 16.0. The maximum Gasteiger partial charge on any atom is 0.224 e. The van der Waals surface area contributed by atoms with Crippen molar-refractivity contribution in [2.45, 2.75) is 31.8 Å². The lowest BCUT2D eigenvalue weighted by molar-refractivity contribution is -0.132. The SMILES string of the molecule is O=C(CCn1ncc(=O)c2ccccc21)N1CCCC1c1cccs1. The zero-order chi connectivity index (χ0) is 17.2. The predicted octanol–water partition coefficient (Wildman–Crippen LogP) is 3.21. The molecule has 4 rings (SSSR count). The van der Waals surface area contributed by atoms with Gasteiger partial charge in [0.1, 0.15) is 0 Å². The van der Waals surface area contributed by atoms with Gasteiger partial charge in [-0.3, -0.25) is 14.3 Å². The molecule has 1 aliphatic rings. The van der Waals surface area contributed by atoms with Crippen LogP contribution in [-0.2, 0) is 11.3 Å². The van der Waals surface area contributed by atoms with Crippen molar-refractivity contribution in [3.8, 4) is 0 Å². The third-order valence-electron chi connectivity index (χ3n) is 4.74. The molecule has 1 aromatic carbocycles. The number of benzene rings is 1. The lowest BCUT2D eigenvalue weighted by Gasteiger charge is -2.24. The second-order valence-electron chi connectivity index (χ2n) is 6.26. The Morgan fingerprint density at radius 1 is 1.24 bits per heavy atom. The Kier molecular flexibility index (Phi) is 4.36. The van der Waals surface area contributed by atoms with Gasteiger partial charge < -0.3 is 4.90 Å². The molecule has 1 amide bonds. The summed E-state index contributed by atoms with van der Waals surface area (Å²) in [6.07, 6.45) is 3.80. The highest BCUT2D eigenvalue weighted by atomic mass is 32.1. The zero-order valence-corrected chi connectivity index (χ0v) is 14.6. The average Bonchev–Trinajstić information content (AvgIpc) is 3.32. The van der Waals surface area contributed by atoms with E-state index in [4.69, 9.17) is 0 Å². The Balaban J connectivity index is 1.51. The van der Waals surface area contributed by atoms with E-state index in [1.165, 1.54) is 11.1 Å². The van der Waals surface area contributed by atoms with E-state index in [0.29, 0.717) is 18.4 Å². The molecule has 2 aromatic heterocycles. The molecule has 1 unspecified atom stereocenters. The molecule has 1 atom stereocenters. The van der Waals surface area contributed by atoms with E-state index in [2.05, 4.69) is 16.5 Å². The highest BCUT2D eigenvalue weighted by Crippen LogP contribution is 2.34. The molecule has 25 heavy (non-hydrogen) atoms. The van der Waals surface area contributed by atoms with Crippen LogP contribution in [0.3, 0.4) is 0 Å². The fraction of sp³-hybridized carbons (Fsp3) is 0.316. The minimum absolute atomic E-state index is 0.0875. The average molecular weight is 353 g/mol. The Hall–Kier alpha value is -2.47. The lowest BCUT2D eigenvalue weighted by Crippen LogP contribution is -2.31. The first-order chi connectivity index (χ1) is 12.2. The fourth-order valence-corrected chi connectivity index (χ4v) is 4.40. The fourth-order valence-electron chi connectivity index (χ4n) is 3.53. The summed E-state index contributed by atoms with van der Waals surface area (Å²) in [5, 5.41) is 6.91. The van der Waals surface area contributed by atoms with E-state index in [9.17, 15) is 9.59 Å². The number of carbonyl (C=O) groups excluding carboxylic acids is 1. The van der Waals surface area contributed by atoms with Crippen LogP contribution in [0.2, 0.25) is 0 Å². The van der Waals surface area contributed by atoms with Crippen molar-refractivity contribution in [2.24, 2.45) is 0 Å². The molecule has 128 valence electrons. The van der Waals surface area contributed by atoms with E-state index in [1.54, 1.807) is 22.1 Å². The number of para-hydroxylation sites is 1. The third-order valence-corrected chi connectivity index (χ3v) is 5.72. The van der Waals surface area contributed by atoms with Gasteiger partial charge in [0.2, 0.25) is 11.3 Å². The molecule has 0 saturated carbocycles. The second-order valence-corrected chi connectivity index (χ2v) is 7.24. The minimum Gasteiger partial charge on any atom is -0.335 e. The summed E-state index contributed by atoms with van der Waals surface area (Å²) in [6.45, 7) is 1.30. The Morgan fingerprint density at radius 3 is 2.96 bits per heavy atom. The molecular weight excluding hydrogens is 334 g/mol. The van der Waals surface area contributed by atoms with E-state index >= 15 is 0 Å². The van der Waals surface area contributed by atoms with Gasteiger partial charge in [0, 0.05) is 23.2 Å². The van der Waals surface area contributed by atoms with Crippen LogP contribution in [0.4, 0.5) is 0 Å². The van der Waals surface area contributed by atoms with Crippen LogP contribution in [0, 0.1) is 0 Å². The van der Waals surface area contributed by atoms with Crippen molar-refractivity contribution in [3.63, 3.8) is 0 Å². The van der Waals surface area contributed by atoms with Gasteiger partial charge in [-0.25, -0.2) is 0 Å². The monoisotopic (exact) mass is 353 g/mol. The first-order valence-corrected chi connectivity index (χ1v) is 9.40. The van der Waals surface area contributed by atoms with Crippen LogP contribution in [0.15, 0.2) is 52.8 Å². The van der Waals surface area contributed by atoms with Crippen LogP contribution in [0.5, 0.6) is 0 Å². The molecule has 1 fully saturated rings. The predicted molar refractivity (Wildman–Crippen MR) is 98.6 cm³/mol. The van der Waals surface area contributed by atoms with Crippen LogP contribution in [0.25, 0.3) is 10.9 Å². The lowest BCUT2D eigenvalue weighted by atomic mass is 10.2. The molecular formula is C19H19N3O2S. The number of fused-ring (bicyclic) bond motifs is 1. The van der Waals surface area contributed by atoms with Gasteiger partial charge in [0.05, 0.1) is 24.3 Å². The van der Waals surface area contributed by atoms with E-state index in [1.807, 2.05) is 29.2 Å². The number of aryl methyl sites for hydroxylation is 1. The molecule has 3 heterocycles. The number of aromatic nitrogens is 2. The maximum atomic E-state index is 12.8. The molecule has 1 aliphatic heterocycles. The van der Waals surface area contributed by atoms with E-state index < -0.39 is 0 Å². The Morgan fingerprint density at radius 2 is 2.12 bits per heavy atom. The van der Waals surface area contributed by atoms with Gasteiger partial charge in [0.25, 0.3) is 0 Å². The van der Waals surface area contributed by atoms with Crippen LogP contribution in [0.1, 0.15) is 30.2 Å². The van der Waals surface area contributed by atoms with Crippen molar-refractivity contribution in [1.29, 1.82) is 0 Å². The number of hydrogen-bond donors (Lipinski definition) is 0. The van der Waals surface area contributed by atoms with Crippen LogP contribution >= 0.6 is 11.3 Å². The van der Waals surface area contributed by atoms with Gasteiger partial charge in [0.15, 0.2) is 0 Å². The number of rotatable bonds is 4. The van der Waals surface area contributed by atoms with Crippen molar-refractivity contribution >= 4 is 28.1 Å². The molecule has 0 aliphatic carbocycles. The second kappa shape index (κ2) is 6.80. The number of amides is 1. The number of nitrogens with zero attached hydrogens (tertiary/aromatic N) is 3. The maximum absolute atomic E-state index is 12.8. The third kappa shape index (κ3) is 3.09. The van der Waals surface area contributed by atoms with Gasteiger partial charge in [-0.15, -0.1) is 11.3 Å². The molecule has 0 bridgehead atoms. The van der Waals surface area contributed by atoms with Gasteiger partial charge in [-0.05, 0) is 36.4 Å². The van der Waals surface area contributed by atoms with Crippen molar-refractivity contribution in [2.75, 3.05) is 6.54 Å². The Bertz CT molecular complexity index is 949. The summed E-state index contributed by atoms with van der Waals surface area (Å²) >= 11 is 1.71. The Labute approximate surface area is 149 Å². The molecule has 1 saturated heterocycles. The quantitative estimate of drug-likeness (QED) is 0.724. The summed E-state index contributed by atoms with van der Waals surface area (Å²) < 4.78 is 1.75. The van der Waals surface area contributed by atoms with Crippen molar-refractivity contribution in [3.05, 3.63) is 63.1 Å².